The Labute approximate surface area is 123 Å². The first kappa shape index (κ1) is 13.0. The van der Waals surface area contributed by atoms with E-state index in [9.17, 15) is 5.26 Å². The lowest BCUT2D eigenvalue weighted by Crippen LogP contribution is -2.47. The van der Waals surface area contributed by atoms with Crippen LogP contribution in [0.1, 0.15) is 44.1 Å². The van der Waals surface area contributed by atoms with Gasteiger partial charge >= 0.3 is 0 Å². The normalized spacial score (nSPS) is 26.6. The fourth-order valence-electron chi connectivity index (χ4n) is 3.77. The van der Waals surface area contributed by atoms with Gasteiger partial charge < -0.3 is 4.90 Å². The summed E-state index contributed by atoms with van der Waals surface area (Å²) in [6, 6.07) is 9.14. The SMILES string of the molecule is N#Cc1cc(Br)ccc1N1CCCC2CCCCC21. The van der Waals surface area contributed by atoms with Gasteiger partial charge in [0.15, 0.2) is 0 Å². The molecule has 1 heterocycles. The highest BCUT2D eigenvalue weighted by Gasteiger charge is 2.34. The van der Waals surface area contributed by atoms with Crippen molar-refractivity contribution in [3.8, 4) is 6.07 Å². The molecule has 1 aliphatic carbocycles. The molecule has 0 bridgehead atoms. The van der Waals surface area contributed by atoms with Gasteiger partial charge in [-0.05, 0) is 49.8 Å². The lowest BCUT2D eigenvalue weighted by atomic mass is 9.78. The van der Waals surface area contributed by atoms with Gasteiger partial charge in [0.05, 0.1) is 11.3 Å². The zero-order chi connectivity index (χ0) is 13.2. The summed E-state index contributed by atoms with van der Waals surface area (Å²) in [4.78, 5) is 2.51. The van der Waals surface area contributed by atoms with E-state index >= 15 is 0 Å². The van der Waals surface area contributed by atoms with Crippen LogP contribution in [0.2, 0.25) is 0 Å². The summed E-state index contributed by atoms with van der Waals surface area (Å²) in [6.45, 7) is 1.11. The lowest BCUT2D eigenvalue weighted by Gasteiger charge is -2.45. The highest BCUT2D eigenvalue weighted by molar-refractivity contribution is 9.10. The fourth-order valence-corrected chi connectivity index (χ4v) is 4.13. The van der Waals surface area contributed by atoms with E-state index in [1.54, 1.807) is 0 Å². The monoisotopic (exact) mass is 318 g/mol. The van der Waals surface area contributed by atoms with E-state index < -0.39 is 0 Å². The maximum Gasteiger partial charge on any atom is 0.101 e. The molecular weight excluding hydrogens is 300 g/mol. The van der Waals surface area contributed by atoms with Gasteiger partial charge in [-0.25, -0.2) is 0 Å². The van der Waals surface area contributed by atoms with Crippen molar-refractivity contribution in [2.24, 2.45) is 5.92 Å². The van der Waals surface area contributed by atoms with Crippen molar-refractivity contribution >= 4 is 21.6 Å². The Hall–Kier alpha value is -1.01. The third-order valence-corrected chi connectivity index (χ3v) is 5.12. The topological polar surface area (TPSA) is 27.0 Å². The van der Waals surface area contributed by atoms with Gasteiger partial charge in [-0.15, -0.1) is 0 Å². The third kappa shape index (κ3) is 2.51. The van der Waals surface area contributed by atoms with Gasteiger partial charge in [0.25, 0.3) is 0 Å². The van der Waals surface area contributed by atoms with Crippen molar-refractivity contribution in [3.05, 3.63) is 28.2 Å². The number of fused-ring (bicyclic) bond motifs is 1. The van der Waals surface area contributed by atoms with Gasteiger partial charge in [0.2, 0.25) is 0 Å². The van der Waals surface area contributed by atoms with Crippen LogP contribution >= 0.6 is 15.9 Å². The number of hydrogen-bond donors (Lipinski definition) is 0. The highest BCUT2D eigenvalue weighted by atomic mass is 79.9. The van der Waals surface area contributed by atoms with Crippen molar-refractivity contribution in [2.75, 3.05) is 11.4 Å². The molecule has 0 amide bonds. The van der Waals surface area contributed by atoms with E-state index in [2.05, 4.69) is 39.0 Å². The maximum atomic E-state index is 9.37. The number of piperidine rings is 1. The predicted molar refractivity (Wildman–Crippen MR) is 81.2 cm³/mol. The van der Waals surface area contributed by atoms with Crippen molar-refractivity contribution in [1.82, 2.24) is 0 Å². The number of anilines is 1. The van der Waals surface area contributed by atoms with Crippen molar-refractivity contribution in [1.29, 1.82) is 5.26 Å². The summed E-state index contributed by atoms with van der Waals surface area (Å²) in [7, 11) is 0. The van der Waals surface area contributed by atoms with Crippen LogP contribution in [-0.4, -0.2) is 12.6 Å². The molecule has 1 aromatic carbocycles. The average Bonchev–Trinajstić information content (AvgIpc) is 2.46. The molecule has 3 rings (SSSR count). The zero-order valence-electron chi connectivity index (χ0n) is 11.1. The molecule has 100 valence electrons. The quantitative estimate of drug-likeness (QED) is 0.763. The Morgan fingerprint density at radius 1 is 1.16 bits per heavy atom. The van der Waals surface area contributed by atoms with E-state index in [4.69, 9.17) is 0 Å². The van der Waals surface area contributed by atoms with Gasteiger partial charge in [-0.3, -0.25) is 0 Å². The lowest BCUT2D eigenvalue weighted by molar-refractivity contribution is 0.244. The number of rotatable bonds is 1. The second-order valence-corrected chi connectivity index (χ2v) is 6.64. The Morgan fingerprint density at radius 2 is 1.95 bits per heavy atom. The van der Waals surface area contributed by atoms with E-state index in [-0.39, 0.29) is 0 Å². The highest BCUT2D eigenvalue weighted by Crippen LogP contribution is 2.39. The van der Waals surface area contributed by atoms with Crippen molar-refractivity contribution in [3.63, 3.8) is 0 Å². The smallest absolute Gasteiger partial charge is 0.101 e. The molecule has 2 unspecified atom stereocenters. The molecule has 3 heteroatoms. The molecule has 0 radical (unpaired) electrons. The first-order chi connectivity index (χ1) is 9.29. The summed E-state index contributed by atoms with van der Waals surface area (Å²) in [5.41, 5.74) is 1.95. The second-order valence-electron chi connectivity index (χ2n) is 5.72. The van der Waals surface area contributed by atoms with Crippen LogP contribution in [0.15, 0.2) is 22.7 Å². The molecule has 2 atom stereocenters. The number of nitriles is 1. The van der Waals surface area contributed by atoms with Gasteiger partial charge in [0.1, 0.15) is 6.07 Å². The van der Waals surface area contributed by atoms with E-state index in [0.29, 0.717) is 6.04 Å². The van der Waals surface area contributed by atoms with Gasteiger partial charge in [-0.2, -0.15) is 5.26 Å². The maximum absolute atomic E-state index is 9.37. The van der Waals surface area contributed by atoms with Crippen LogP contribution in [0.5, 0.6) is 0 Å². The minimum absolute atomic E-state index is 0.663. The molecule has 0 aromatic heterocycles. The van der Waals surface area contributed by atoms with Gasteiger partial charge in [0, 0.05) is 17.1 Å². The van der Waals surface area contributed by atoms with Gasteiger partial charge in [-0.1, -0.05) is 28.8 Å². The molecule has 2 aliphatic rings. The summed E-state index contributed by atoms with van der Waals surface area (Å²) < 4.78 is 0.991. The molecule has 0 spiro atoms. The molecule has 1 saturated heterocycles. The first-order valence-electron chi connectivity index (χ1n) is 7.26. The number of hydrogen-bond acceptors (Lipinski definition) is 2. The number of nitrogens with zero attached hydrogens (tertiary/aromatic N) is 2. The average molecular weight is 319 g/mol. The van der Waals surface area contributed by atoms with E-state index in [1.807, 2.05) is 6.07 Å². The van der Waals surface area contributed by atoms with E-state index in [1.165, 1.54) is 38.5 Å². The molecule has 2 nitrogen and oxygen atoms in total. The molecule has 1 aliphatic heterocycles. The van der Waals surface area contributed by atoms with Crippen LogP contribution in [0, 0.1) is 17.2 Å². The standard InChI is InChI=1S/C16H19BrN2/c17-14-7-8-16(13(10-14)11-18)19-9-3-5-12-4-1-2-6-15(12)19/h7-8,10,12,15H,1-6,9H2. The largest absolute Gasteiger partial charge is 0.367 e. The minimum Gasteiger partial charge on any atom is -0.367 e. The summed E-state index contributed by atoms with van der Waals surface area (Å²) >= 11 is 3.46. The molecule has 1 aromatic rings. The Bertz CT molecular complexity index is 504. The molecule has 1 saturated carbocycles. The van der Waals surface area contributed by atoms with Crippen LogP contribution in [0.4, 0.5) is 5.69 Å². The van der Waals surface area contributed by atoms with Crippen molar-refractivity contribution in [2.45, 2.75) is 44.6 Å². The molecule has 19 heavy (non-hydrogen) atoms. The van der Waals surface area contributed by atoms with Crippen LogP contribution in [0.25, 0.3) is 0 Å². The third-order valence-electron chi connectivity index (χ3n) is 4.63. The Balaban J connectivity index is 1.94. The zero-order valence-corrected chi connectivity index (χ0v) is 12.7. The molecule has 2 fully saturated rings. The molecular formula is C16H19BrN2. The summed E-state index contributed by atoms with van der Waals surface area (Å²) in [6.07, 6.45) is 8.05. The Morgan fingerprint density at radius 3 is 2.79 bits per heavy atom. The van der Waals surface area contributed by atoms with Crippen LogP contribution in [0.3, 0.4) is 0 Å². The second kappa shape index (κ2) is 5.54. The fraction of sp³-hybridized carbons (Fsp3) is 0.562. The summed E-state index contributed by atoms with van der Waals surface area (Å²) in [5, 5.41) is 9.37. The summed E-state index contributed by atoms with van der Waals surface area (Å²) in [5.74, 6) is 0.845. The van der Waals surface area contributed by atoms with E-state index in [0.717, 1.165) is 28.2 Å². The predicted octanol–water partition coefficient (Wildman–Crippen LogP) is 4.48. The Kier molecular flexibility index (Phi) is 3.79. The number of halogens is 1. The van der Waals surface area contributed by atoms with Crippen LogP contribution < -0.4 is 4.90 Å². The number of benzene rings is 1. The molecule has 0 N–H and O–H groups in total. The van der Waals surface area contributed by atoms with Crippen molar-refractivity contribution < 1.29 is 0 Å². The van der Waals surface area contributed by atoms with Crippen LogP contribution in [-0.2, 0) is 0 Å². The minimum atomic E-state index is 0.663. The first-order valence-corrected chi connectivity index (χ1v) is 8.05.